The SMILES string of the molecule is CCn1c(C)c(C(=O)CN(C)C(=O)C2CCCC2)c(C)c1C(=O)OC. The second-order valence-electron chi connectivity index (χ2n) is 6.77. The maximum atomic E-state index is 12.8. The molecule has 0 saturated heterocycles. The van der Waals surface area contributed by atoms with Gasteiger partial charge in [-0.05, 0) is 39.2 Å². The van der Waals surface area contributed by atoms with Gasteiger partial charge in [-0.15, -0.1) is 0 Å². The van der Waals surface area contributed by atoms with Crippen LogP contribution in [0, 0.1) is 19.8 Å². The van der Waals surface area contributed by atoms with E-state index in [0.29, 0.717) is 23.4 Å². The van der Waals surface area contributed by atoms with Crippen molar-refractivity contribution in [2.75, 3.05) is 20.7 Å². The van der Waals surface area contributed by atoms with Crippen LogP contribution in [0.3, 0.4) is 0 Å². The molecule has 0 N–H and O–H groups in total. The minimum Gasteiger partial charge on any atom is -0.464 e. The smallest absolute Gasteiger partial charge is 0.354 e. The number of ketones is 1. The van der Waals surface area contributed by atoms with Crippen LogP contribution in [0.1, 0.15) is 64.7 Å². The van der Waals surface area contributed by atoms with Crippen molar-refractivity contribution < 1.29 is 19.1 Å². The number of carbonyl (C=O) groups is 3. The predicted molar refractivity (Wildman–Crippen MR) is 94.8 cm³/mol. The van der Waals surface area contributed by atoms with Crippen LogP contribution in [0.15, 0.2) is 0 Å². The highest BCUT2D eigenvalue weighted by Crippen LogP contribution is 2.27. The zero-order chi connectivity index (χ0) is 18.7. The van der Waals surface area contributed by atoms with Crippen molar-refractivity contribution in [2.24, 2.45) is 5.92 Å². The van der Waals surface area contributed by atoms with Gasteiger partial charge in [0.1, 0.15) is 5.69 Å². The van der Waals surface area contributed by atoms with Gasteiger partial charge in [-0.3, -0.25) is 9.59 Å². The molecule has 0 unspecified atom stereocenters. The van der Waals surface area contributed by atoms with Gasteiger partial charge in [-0.2, -0.15) is 0 Å². The highest BCUT2D eigenvalue weighted by molar-refractivity contribution is 6.04. The van der Waals surface area contributed by atoms with Crippen molar-refractivity contribution in [3.8, 4) is 0 Å². The summed E-state index contributed by atoms with van der Waals surface area (Å²) in [5, 5.41) is 0. The van der Waals surface area contributed by atoms with Crippen molar-refractivity contribution in [1.29, 1.82) is 0 Å². The lowest BCUT2D eigenvalue weighted by atomic mass is 10.0. The molecule has 1 aromatic rings. The number of hydrogen-bond donors (Lipinski definition) is 0. The lowest BCUT2D eigenvalue weighted by molar-refractivity contribution is -0.133. The molecule has 0 spiro atoms. The van der Waals surface area contributed by atoms with Gasteiger partial charge in [0.05, 0.1) is 13.7 Å². The number of ether oxygens (including phenoxy) is 1. The Labute approximate surface area is 149 Å². The Kier molecular flexibility index (Phi) is 6.03. The molecule has 25 heavy (non-hydrogen) atoms. The number of likely N-dealkylation sites (N-methyl/N-ethyl adjacent to an activating group) is 1. The number of methoxy groups -OCH3 is 1. The topological polar surface area (TPSA) is 68.6 Å². The van der Waals surface area contributed by atoms with Crippen LogP contribution in [0.25, 0.3) is 0 Å². The molecular weight excluding hydrogens is 320 g/mol. The van der Waals surface area contributed by atoms with Gasteiger partial charge in [-0.1, -0.05) is 12.8 Å². The Morgan fingerprint density at radius 3 is 2.32 bits per heavy atom. The van der Waals surface area contributed by atoms with E-state index < -0.39 is 5.97 Å². The summed E-state index contributed by atoms with van der Waals surface area (Å²) in [6, 6.07) is 0. The van der Waals surface area contributed by atoms with Gasteiger partial charge in [0.15, 0.2) is 5.78 Å². The monoisotopic (exact) mass is 348 g/mol. The average Bonchev–Trinajstić information content (AvgIpc) is 3.19. The summed E-state index contributed by atoms with van der Waals surface area (Å²) in [6.45, 7) is 6.11. The van der Waals surface area contributed by atoms with Gasteiger partial charge in [0, 0.05) is 30.8 Å². The van der Waals surface area contributed by atoms with E-state index in [1.54, 1.807) is 18.5 Å². The van der Waals surface area contributed by atoms with Gasteiger partial charge in [0.25, 0.3) is 0 Å². The minimum absolute atomic E-state index is 0.0331. The molecular formula is C19H28N2O4. The molecule has 6 heteroatoms. The maximum absolute atomic E-state index is 12.8. The second kappa shape index (κ2) is 7.85. The van der Waals surface area contributed by atoms with Gasteiger partial charge >= 0.3 is 5.97 Å². The van der Waals surface area contributed by atoms with Crippen molar-refractivity contribution in [3.05, 3.63) is 22.5 Å². The summed E-state index contributed by atoms with van der Waals surface area (Å²) in [6.07, 6.45) is 3.98. The highest BCUT2D eigenvalue weighted by Gasteiger charge is 2.30. The van der Waals surface area contributed by atoms with Crippen LogP contribution in [-0.2, 0) is 16.1 Å². The molecule has 138 valence electrons. The first kappa shape index (κ1) is 19.2. The Hall–Kier alpha value is -2.11. The fourth-order valence-electron chi connectivity index (χ4n) is 3.92. The fourth-order valence-corrected chi connectivity index (χ4v) is 3.92. The summed E-state index contributed by atoms with van der Waals surface area (Å²) in [5.41, 5.74) is 2.30. The molecule has 0 radical (unpaired) electrons. The number of amides is 1. The third-order valence-electron chi connectivity index (χ3n) is 5.20. The lowest BCUT2D eigenvalue weighted by Crippen LogP contribution is -2.36. The van der Waals surface area contributed by atoms with Crippen LogP contribution >= 0.6 is 0 Å². The second-order valence-corrected chi connectivity index (χ2v) is 6.77. The predicted octanol–water partition coefficient (Wildman–Crippen LogP) is 2.74. The van der Waals surface area contributed by atoms with E-state index in [4.69, 9.17) is 4.74 Å². The summed E-state index contributed by atoms with van der Waals surface area (Å²) in [5.74, 6) is -0.492. The molecule has 0 aliphatic heterocycles. The molecule has 1 amide bonds. The first-order chi connectivity index (χ1) is 11.8. The molecule has 1 aromatic heterocycles. The van der Waals surface area contributed by atoms with Crippen LogP contribution < -0.4 is 0 Å². The van der Waals surface area contributed by atoms with Gasteiger partial charge in [0.2, 0.25) is 5.91 Å². The zero-order valence-corrected chi connectivity index (χ0v) is 15.8. The number of carbonyl (C=O) groups excluding carboxylic acids is 3. The minimum atomic E-state index is -0.447. The lowest BCUT2D eigenvalue weighted by Gasteiger charge is -2.20. The molecule has 0 bridgehead atoms. The fraction of sp³-hybridized carbons (Fsp3) is 0.632. The molecule has 0 atom stereocenters. The van der Waals surface area contributed by atoms with Crippen molar-refractivity contribution >= 4 is 17.7 Å². The highest BCUT2D eigenvalue weighted by atomic mass is 16.5. The van der Waals surface area contributed by atoms with E-state index in [1.807, 2.05) is 13.8 Å². The number of Topliss-reactive ketones (excluding diaryl/α,β-unsaturated/α-hetero) is 1. The number of aromatic nitrogens is 1. The molecule has 1 aliphatic rings. The number of hydrogen-bond acceptors (Lipinski definition) is 4. The largest absolute Gasteiger partial charge is 0.464 e. The van der Waals surface area contributed by atoms with E-state index >= 15 is 0 Å². The zero-order valence-electron chi connectivity index (χ0n) is 15.8. The first-order valence-corrected chi connectivity index (χ1v) is 8.89. The van der Waals surface area contributed by atoms with Crippen molar-refractivity contribution in [1.82, 2.24) is 9.47 Å². The number of esters is 1. The van der Waals surface area contributed by atoms with E-state index in [-0.39, 0.29) is 24.2 Å². The van der Waals surface area contributed by atoms with E-state index in [0.717, 1.165) is 31.4 Å². The van der Waals surface area contributed by atoms with E-state index in [2.05, 4.69) is 0 Å². The Bertz CT molecular complexity index is 684. The first-order valence-electron chi connectivity index (χ1n) is 8.89. The molecule has 1 aliphatic carbocycles. The van der Waals surface area contributed by atoms with Crippen LogP contribution in [0.5, 0.6) is 0 Å². The molecule has 6 nitrogen and oxygen atoms in total. The van der Waals surface area contributed by atoms with Gasteiger partial charge < -0.3 is 14.2 Å². The van der Waals surface area contributed by atoms with E-state index in [9.17, 15) is 14.4 Å². The molecule has 2 rings (SSSR count). The third kappa shape index (κ3) is 3.62. The molecule has 0 aromatic carbocycles. The molecule has 1 fully saturated rings. The Morgan fingerprint density at radius 1 is 1.20 bits per heavy atom. The van der Waals surface area contributed by atoms with Crippen molar-refractivity contribution in [2.45, 2.75) is 53.0 Å². The third-order valence-corrected chi connectivity index (χ3v) is 5.20. The summed E-state index contributed by atoms with van der Waals surface area (Å²) >= 11 is 0. The summed E-state index contributed by atoms with van der Waals surface area (Å²) < 4.78 is 6.66. The molecule has 1 heterocycles. The number of nitrogens with zero attached hydrogens (tertiary/aromatic N) is 2. The van der Waals surface area contributed by atoms with Crippen LogP contribution in [0.2, 0.25) is 0 Å². The molecule has 1 saturated carbocycles. The summed E-state index contributed by atoms with van der Waals surface area (Å²) in [4.78, 5) is 38.9. The summed E-state index contributed by atoms with van der Waals surface area (Å²) in [7, 11) is 3.01. The quantitative estimate of drug-likeness (QED) is 0.585. The van der Waals surface area contributed by atoms with Crippen LogP contribution in [0.4, 0.5) is 0 Å². The standard InChI is InChI=1S/C19H28N2O4/c1-6-21-13(3)16(12(2)17(21)19(24)25-5)15(22)11-20(4)18(23)14-9-7-8-10-14/h14H,6-11H2,1-5H3. The van der Waals surface area contributed by atoms with Crippen molar-refractivity contribution in [3.63, 3.8) is 0 Å². The van der Waals surface area contributed by atoms with Crippen LogP contribution in [-0.4, -0.2) is 47.8 Å². The maximum Gasteiger partial charge on any atom is 0.354 e. The Morgan fingerprint density at radius 2 is 1.80 bits per heavy atom. The number of rotatable bonds is 6. The Balaban J connectivity index is 2.25. The normalized spacial score (nSPS) is 14.6. The average molecular weight is 348 g/mol. The van der Waals surface area contributed by atoms with Gasteiger partial charge in [-0.25, -0.2) is 4.79 Å². The van der Waals surface area contributed by atoms with E-state index in [1.165, 1.54) is 12.0 Å².